The van der Waals surface area contributed by atoms with Crippen molar-refractivity contribution in [1.29, 1.82) is 0 Å². The van der Waals surface area contributed by atoms with Crippen molar-refractivity contribution in [2.24, 2.45) is 11.8 Å². The number of hydrogen-bond donors (Lipinski definition) is 2. The van der Waals surface area contributed by atoms with Crippen LogP contribution in [0.25, 0.3) is 0 Å². The predicted molar refractivity (Wildman–Crippen MR) is 109 cm³/mol. The van der Waals surface area contributed by atoms with Crippen LogP contribution in [0, 0.1) is 11.8 Å². The molecule has 4 nitrogen and oxygen atoms in total. The van der Waals surface area contributed by atoms with Crippen LogP contribution in [-0.2, 0) is 11.2 Å². The predicted octanol–water partition coefficient (Wildman–Crippen LogP) is 4.72. The van der Waals surface area contributed by atoms with Crippen LogP contribution >= 0.6 is 0 Å². The molecule has 3 rings (SSSR count). The van der Waals surface area contributed by atoms with E-state index in [4.69, 9.17) is 0 Å². The maximum atomic E-state index is 12.8. The summed E-state index contributed by atoms with van der Waals surface area (Å²) in [4.78, 5) is 24.8. The molecule has 2 N–H and O–H groups in total. The third-order valence-electron chi connectivity index (χ3n) is 5.04. The second kappa shape index (κ2) is 8.38. The molecule has 1 aliphatic carbocycles. The van der Waals surface area contributed by atoms with Crippen LogP contribution in [0.3, 0.4) is 0 Å². The number of benzene rings is 2. The lowest BCUT2D eigenvalue weighted by Gasteiger charge is -2.23. The molecule has 0 bridgehead atoms. The summed E-state index contributed by atoms with van der Waals surface area (Å²) in [5.41, 5.74) is 3.62. The highest BCUT2D eigenvalue weighted by molar-refractivity contribution is 5.98. The van der Waals surface area contributed by atoms with Gasteiger partial charge < -0.3 is 10.6 Å². The molecule has 27 heavy (non-hydrogen) atoms. The molecule has 0 aliphatic heterocycles. The fourth-order valence-corrected chi connectivity index (χ4v) is 3.15. The van der Waals surface area contributed by atoms with Crippen molar-refractivity contribution in [3.8, 4) is 0 Å². The van der Waals surface area contributed by atoms with E-state index >= 15 is 0 Å². The maximum absolute atomic E-state index is 12.8. The molecule has 0 saturated heterocycles. The first kappa shape index (κ1) is 19.2. The lowest BCUT2D eigenvalue weighted by Crippen LogP contribution is -2.31. The van der Waals surface area contributed by atoms with Gasteiger partial charge in [-0.05, 0) is 54.5 Å². The van der Waals surface area contributed by atoms with Crippen LogP contribution in [0.1, 0.15) is 61.1 Å². The molecule has 1 fully saturated rings. The summed E-state index contributed by atoms with van der Waals surface area (Å²) in [5, 5.41) is 6.05. The van der Waals surface area contributed by atoms with Gasteiger partial charge in [0.1, 0.15) is 0 Å². The number of carbonyl (C=O) groups is 2. The van der Waals surface area contributed by atoms with E-state index in [0.717, 1.165) is 24.8 Å². The Hall–Kier alpha value is -2.62. The second-order valence-corrected chi connectivity index (χ2v) is 7.63. The van der Waals surface area contributed by atoms with Gasteiger partial charge in [-0.2, -0.15) is 0 Å². The Bertz CT molecular complexity index is 807. The summed E-state index contributed by atoms with van der Waals surface area (Å²) >= 11 is 0. The third kappa shape index (κ3) is 4.97. The Kier molecular flexibility index (Phi) is 5.94. The minimum atomic E-state index is -0.129. The Labute approximate surface area is 161 Å². The van der Waals surface area contributed by atoms with Gasteiger partial charge in [-0.3, -0.25) is 9.59 Å². The average molecular weight is 364 g/mol. The highest BCUT2D eigenvalue weighted by atomic mass is 16.2. The lowest BCUT2D eigenvalue weighted by molar-refractivity contribution is -0.117. The van der Waals surface area contributed by atoms with Crippen molar-refractivity contribution >= 4 is 17.5 Å². The summed E-state index contributed by atoms with van der Waals surface area (Å²) in [5.74, 6) is 0.317. The minimum absolute atomic E-state index is 0.0450. The molecule has 0 aromatic heterocycles. The van der Waals surface area contributed by atoms with Crippen molar-refractivity contribution in [3.05, 3.63) is 65.2 Å². The van der Waals surface area contributed by atoms with E-state index in [-0.39, 0.29) is 29.7 Å². The number of amides is 2. The van der Waals surface area contributed by atoms with Crippen molar-refractivity contribution in [1.82, 2.24) is 5.32 Å². The van der Waals surface area contributed by atoms with Gasteiger partial charge >= 0.3 is 0 Å². The molecule has 1 saturated carbocycles. The van der Waals surface area contributed by atoms with Gasteiger partial charge in [0.15, 0.2) is 0 Å². The Balaban J connectivity index is 1.72. The molecule has 0 spiro atoms. The molecule has 2 aromatic carbocycles. The van der Waals surface area contributed by atoms with Crippen LogP contribution in [0.15, 0.2) is 48.5 Å². The summed E-state index contributed by atoms with van der Waals surface area (Å²) < 4.78 is 0. The Morgan fingerprint density at radius 3 is 2.37 bits per heavy atom. The van der Waals surface area contributed by atoms with E-state index in [9.17, 15) is 9.59 Å². The van der Waals surface area contributed by atoms with Crippen LogP contribution in [-0.4, -0.2) is 11.8 Å². The smallest absolute Gasteiger partial charge is 0.251 e. The molecular formula is C23H28N2O2. The molecule has 1 unspecified atom stereocenters. The average Bonchev–Trinajstić information content (AvgIpc) is 3.51. The number of rotatable bonds is 7. The van der Waals surface area contributed by atoms with Gasteiger partial charge in [-0.1, -0.05) is 51.1 Å². The molecular weight excluding hydrogens is 336 g/mol. The Morgan fingerprint density at radius 1 is 1.07 bits per heavy atom. The molecule has 2 aromatic rings. The first-order valence-electron chi connectivity index (χ1n) is 9.78. The summed E-state index contributed by atoms with van der Waals surface area (Å²) in [7, 11) is 0. The van der Waals surface area contributed by atoms with E-state index in [0.29, 0.717) is 11.3 Å². The minimum Gasteiger partial charge on any atom is -0.345 e. The monoisotopic (exact) mass is 364 g/mol. The van der Waals surface area contributed by atoms with Crippen molar-refractivity contribution in [2.75, 3.05) is 5.32 Å². The SMILES string of the molecule is CCc1ccc(C(NC(=O)c2cccc(NC(=O)C3CC3)c2)C(C)C)cc1. The van der Waals surface area contributed by atoms with E-state index < -0.39 is 0 Å². The zero-order chi connectivity index (χ0) is 19.4. The van der Waals surface area contributed by atoms with Gasteiger partial charge in [0.25, 0.3) is 5.91 Å². The number of anilines is 1. The van der Waals surface area contributed by atoms with E-state index in [2.05, 4.69) is 55.7 Å². The van der Waals surface area contributed by atoms with Crippen LogP contribution in [0.4, 0.5) is 5.69 Å². The fourth-order valence-electron chi connectivity index (χ4n) is 3.15. The topological polar surface area (TPSA) is 58.2 Å². The van der Waals surface area contributed by atoms with Gasteiger partial charge in [0.2, 0.25) is 5.91 Å². The van der Waals surface area contributed by atoms with Gasteiger partial charge in [0.05, 0.1) is 6.04 Å². The second-order valence-electron chi connectivity index (χ2n) is 7.63. The van der Waals surface area contributed by atoms with Crippen molar-refractivity contribution in [3.63, 3.8) is 0 Å². The zero-order valence-electron chi connectivity index (χ0n) is 16.3. The molecule has 1 aliphatic rings. The highest BCUT2D eigenvalue weighted by Gasteiger charge is 2.29. The molecule has 2 amide bonds. The van der Waals surface area contributed by atoms with E-state index in [1.807, 2.05) is 6.07 Å². The normalized spacial score (nSPS) is 14.7. The number of carbonyl (C=O) groups excluding carboxylic acids is 2. The van der Waals surface area contributed by atoms with Crippen LogP contribution in [0.5, 0.6) is 0 Å². The standard InChI is InChI=1S/C23H28N2O2/c1-4-16-8-10-17(11-9-16)21(15(2)3)25-23(27)19-6-5-7-20(14-19)24-22(26)18-12-13-18/h5-11,14-15,18,21H,4,12-13H2,1-3H3,(H,24,26)(H,25,27). The van der Waals surface area contributed by atoms with Gasteiger partial charge in [-0.15, -0.1) is 0 Å². The number of hydrogen-bond acceptors (Lipinski definition) is 2. The summed E-state index contributed by atoms with van der Waals surface area (Å²) in [6.07, 6.45) is 2.91. The first-order chi connectivity index (χ1) is 13.0. The van der Waals surface area contributed by atoms with Crippen molar-refractivity contribution < 1.29 is 9.59 Å². The molecule has 0 heterocycles. The van der Waals surface area contributed by atoms with Crippen LogP contribution < -0.4 is 10.6 Å². The van der Waals surface area contributed by atoms with Crippen LogP contribution in [0.2, 0.25) is 0 Å². The van der Waals surface area contributed by atoms with Gasteiger partial charge in [0, 0.05) is 17.2 Å². The number of nitrogens with one attached hydrogen (secondary N) is 2. The summed E-state index contributed by atoms with van der Waals surface area (Å²) in [6.45, 7) is 6.33. The maximum Gasteiger partial charge on any atom is 0.251 e. The third-order valence-corrected chi connectivity index (χ3v) is 5.04. The zero-order valence-corrected chi connectivity index (χ0v) is 16.3. The molecule has 142 valence electrons. The number of aryl methyl sites for hydroxylation is 1. The lowest BCUT2D eigenvalue weighted by atomic mass is 9.94. The molecule has 0 radical (unpaired) electrons. The quantitative estimate of drug-likeness (QED) is 0.746. The highest BCUT2D eigenvalue weighted by Crippen LogP contribution is 2.30. The fraction of sp³-hybridized carbons (Fsp3) is 0.391. The van der Waals surface area contributed by atoms with E-state index in [1.165, 1.54) is 5.56 Å². The summed E-state index contributed by atoms with van der Waals surface area (Å²) in [6, 6.07) is 15.5. The van der Waals surface area contributed by atoms with Crippen molar-refractivity contribution in [2.45, 2.75) is 46.1 Å². The largest absolute Gasteiger partial charge is 0.345 e. The molecule has 4 heteroatoms. The van der Waals surface area contributed by atoms with E-state index in [1.54, 1.807) is 18.2 Å². The molecule has 1 atom stereocenters. The first-order valence-corrected chi connectivity index (χ1v) is 9.78. The Morgan fingerprint density at radius 2 is 1.78 bits per heavy atom. The van der Waals surface area contributed by atoms with Gasteiger partial charge in [-0.25, -0.2) is 0 Å².